The van der Waals surface area contributed by atoms with Gasteiger partial charge in [-0.2, -0.15) is 11.8 Å². The Balaban J connectivity index is 1.70. The number of rotatable bonds is 6. The predicted molar refractivity (Wildman–Crippen MR) is 130 cm³/mol. The highest BCUT2D eigenvalue weighted by Gasteiger charge is 2.71. The molecule has 0 aliphatic heterocycles. The molecule has 0 bridgehead atoms. The summed E-state index contributed by atoms with van der Waals surface area (Å²) >= 11 is 6.20. The lowest BCUT2D eigenvalue weighted by Gasteiger charge is -2.61. The molecule has 4 aliphatic rings. The SMILES string of the molecule is CCSCSC1(SCC)CC[C@H]2[C@@H]3CCC4=CC(=O)C=C(O)[C@]4(C)[C@@]3(F)CC[C@@]21C. The number of fused-ring (bicyclic) bond motifs is 5. The normalized spacial score (nSPS) is 45.3. The van der Waals surface area contributed by atoms with Crippen LogP contribution in [0.2, 0.25) is 0 Å². The summed E-state index contributed by atoms with van der Waals surface area (Å²) in [4.78, 5) is 12.0. The summed E-state index contributed by atoms with van der Waals surface area (Å²) in [5.41, 5.74) is -1.61. The van der Waals surface area contributed by atoms with E-state index in [1.54, 1.807) is 6.08 Å². The second-order valence-electron chi connectivity index (χ2n) is 9.74. The fourth-order valence-corrected chi connectivity index (χ4v) is 12.2. The lowest BCUT2D eigenvalue weighted by atomic mass is 9.46. The molecule has 0 radical (unpaired) electrons. The Bertz CT molecular complexity index is 782. The average molecular weight is 471 g/mol. The van der Waals surface area contributed by atoms with E-state index >= 15 is 4.39 Å². The maximum absolute atomic E-state index is 17.1. The fourth-order valence-electron chi connectivity index (χ4n) is 7.13. The molecule has 0 heterocycles. The van der Waals surface area contributed by atoms with Crippen LogP contribution < -0.4 is 0 Å². The van der Waals surface area contributed by atoms with Crippen LogP contribution >= 0.6 is 35.3 Å². The molecule has 0 aromatic rings. The molecular weight excluding hydrogens is 435 g/mol. The molecule has 3 saturated carbocycles. The van der Waals surface area contributed by atoms with Crippen LogP contribution in [0.4, 0.5) is 4.39 Å². The van der Waals surface area contributed by atoms with Crippen molar-refractivity contribution in [3.05, 3.63) is 23.5 Å². The van der Waals surface area contributed by atoms with Gasteiger partial charge in [0.2, 0.25) is 0 Å². The highest BCUT2D eigenvalue weighted by atomic mass is 32.2. The van der Waals surface area contributed by atoms with Gasteiger partial charge in [-0.1, -0.05) is 20.8 Å². The number of alkyl halides is 1. The van der Waals surface area contributed by atoms with E-state index in [0.29, 0.717) is 12.3 Å². The van der Waals surface area contributed by atoms with Gasteiger partial charge >= 0.3 is 0 Å². The van der Waals surface area contributed by atoms with E-state index in [9.17, 15) is 9.90 Å². The van der Waals surface area contributed by atoms with Crippen molar-refractivity contribution in [1.82, 2.24) is 0 Å². The Morgan fingerprint density at radius 3 is 2.53 bits per heavy atom. The predicted octanol–water partition coefficient (Wildman–Crippen LogP) is 7.17. The molecule has 168 valence electrons. The van der Waals surface area contributed by atoms with Crippen LogP contribution in [0, 0.1) is 22.7 Å². The van der Waals surface area contributed by atoms with Crippen molar-refractivity contribution in [2.24, 2.45) is 22.7 Å². The first-order valence-corrected chi connectivity index (χ1v) is 14.5. The van der Waals surface area contributed by atoms with Gasteiger partial charge in [0.25, 0.3) is 0 Å². The number of ketones is 1. The lowest BCUT2D eigenvalue weighted by Crippen LogP contribution is -2.62. The molecule has 4 rings (SSSR count). The van der Waals surface area contributed by atoms with E-state index in [1.165, 1.54) is 6.08 Å². The van der Waals surface area contributed by atoms with Gasteiger partial charge in [0.1, 0.15) is 11.4 Å². The van der Waals surface area contributed by atoms with E-state index < -0.39 is 11.1 Å². The molecule has 0 aromatic carbocycles. The van der Waals surface area contributed by atoms with Crippen LogP contribution in [0.1, 0.15) is 66.2 Å². The van der Waals surface area contributed by atoms with Crippen molar-refractivity contribution in [3.8, 4) is 0 Å². The first-order chi connectivity index (χ1) is 14.2. The standard InChI is InChI=1S/C24H35FO2S3/c1-5-28-15-30-24(29-6-2)10-9-18-19-8-7-16-13-17(26)14-20(27)22(16,4)23(19,25)12-11-21(18,24)3/h13-14,18-19,27H,5-12,15H2,1-4H3/t18-,19-,21-,22+,23+,24?/m0/s1. The first-order valence-electron chi connectivity index (χ1n) is 11.4. The first kappa shape index (κ1) is 23.1. The van der Waals surface area contributed by atoms with Gasteiger partial charge in [-0.05, 0) is 85.9 Å². The van der Waals surface area contributed by atoms with Crippen molar-refractivity contribution in [1.29, 1.82) is 0 Å². The van der Waals surface area contributed by atoms with Crippen molar-refractivity contribution < 1.29 is 14.3 Å². The number of carbonyl (C=O) groups is 1. The second-order valence-corrected chi connectivity index (χ2v) is 14.5. The van der Waals surface area contributed by atoms with E-state index in [1.807, 2.05) is 18.7 Å². The molecule has 1 N–H and O–H groups in total. The highest BCUT2D eigenvalue weighted by Crippen LogP contribution is 2.74. The smallest absolute Gasteiger partial charge is 0.181 e. The molecule has 6 atom stereocenters. The number of hydrogen-bond donors (Lipinski definition) is 1. The molecule has 0 saturated heterocycles. The van der Waals surface area contributed by atoms with E-state index in [4.69, 9.17) is 0 Å². The molecule has 30 heavy (non-hydrogen) atoms. The minimum atomic E-state index is -1.47. The highest BCUT2D eigenvalue weighted by molar-refractivity contribution is 8.24. The third-order valence-corrected chi connectivity index (χ3v) is 13.6. The Morgan fingerprint density at radius 1 is 1.07 bits per heavy atom. The maximum Gasteiger partial charge on any atom is 0.181 e. The summed E-state index contributed by atoms with van der Waals surface area (Å²) in [6.07, 6.45) is 7.90. The molecule has 1 unspecified atom stereocenters. The minimum absolute atomic E-state index is 0.0540. The molecule has 2 nitrogen and oxygen atoms in total. The van der Waals surface area contributed by atoms with Gasteiger partial charge in [0, 0.05) is 11.2 Å². The Morgan fingerprint density at radius 2 is 1.83 bits per heavy atom. The maximum atomic E-state index is 17.1. The summed E-state index contributed by atoms with van der Waals surface area (Å²) in [5, 5.41) is 11.9. The number of aliphatic hydroxyl groups is 1. The average Bonchev–Trinajstić information content (AvgIpc) is 2.97. The van der Waals surface area contributed by atoms with Crippen molar-refractivity contribution in [2.75, 3.05) is 16.6 Å². The van der Waals surface area contributed by atoms with E-state index in [2.05, 4.69) is 44.3 Å². The quantitative estimate of drug-likeness (QED) is 0.329. The monoisotopic (exact) mass is 470 g/mol. The summed E-state index contributed by atoms with van der Waals surface area (Å²) in [7, 11) is 0. The molecule has 0 spiro atoms. The topological polar surface area (TPSA) is 37.3 Å². The molecule has 4 aliphatic carbocycles. The third-order valence-electron chi connectivity index (χ3n) is 8.82. The molecule has 6 heteroatoms. The zero-order chi connectivity index (χ0) is 21.8. The Labute approximate surface area is 193 Å². The second kappa shape index (κ2) is 8.06. The van der Waals surface area contributed by atoms with Crippen molar-refractivity contribution in [2.45, 2.75) is 76.0 Å². The number of aliphatic hydroxyl groups excluding tert-OH is 1. The largest absolute Gasteiger partial charge is 0.511 e. The van der Waals surface area contributed by atoms with Gasteiger partial charge in [0.15, 0.2) is 5.78 Å². The van der Waals surface area contributed by atoms with Gasteiger partial charge in [-0.15, -0.1) is 23.5 Å². The Kier molecular flexibility index (Phi) is 6.20. The third kappa shape index (κ3) is 3.02. The number of halogens is 1. The lowest BCUT2D eigenvalue weighted by molar-refractivity contribution is -0.133. The molecule has 0 aromatic heterocycles. The number of allylic oxidation sites excluding steroid dienone is 3. The van der Waals surface area contributed by atoms with Crippen molar-refractivity contribution >= 4 is 41.1 Å². The van der Waals surface area contributed by atoms with Gasteiger partial charge in [-0.3, -0.25) is 4.79 Å². The molecule has 3 fully saturated rings. The van der Waals surface area contributed by atoms with Crippen molar-refractivity contribution in [3.63, 3.8) is 0 Å². The van der Waals surface area contributed by atoms with Crippen LogP contribution in [0.5, 0.6) is 0 Å². The van der Waals surface area contributed by atoms with Gasteiger partial charge in [-0.25, -0.2) is 4.39 Å². The summed E-state index contributed by atoms with van der Waals surface area (Å²) in [6.45, 7) is 8.75. The van der Waals surface area contributed by atoms with Gasteiger partial charge < -0.3 is 5.11 Å². The number of thioether (sulfide) groups is 3. The zero-order valence-electron chi connectivity index (χ0n) is 18.6. The fraction of sp³-hybridized carbons (Fsp3) is 0.792. The van der Waals surface area contributed by atoms with Gasteiger partial charge in [0.05, 0.1) is 9.49 Å². The Hall–Kier alpha value is -0.0700. The number of carbonyl (C=O) groups excluding carboxylic acids is 1. The van der Waals surface area contributed by atoms with Crippen LogP contribution in [-0.2, 0) is 4.79 Å². The van der Waals surface area contributed by atoms with Crippen LogP contribution in [0.15, 0.2) is 23.5 Å². The van der Waals surface area contributed by atoms with E-state index in [0.717, 1.165) is 54.3 Å². The molecule has 0 amide bonds. The minimum Gasteiger partial charge on any atom is -0.511 e. The summed E-state index contributed by atoms with van der Waals surface area (Å²) in [5.74, 6) is 2.24. The van der Waals surface area contributed by atoms with E-state index in [-0.39, 0.29) is 27.0 Å². The zero-order valence-corrected chi connectivity index (χ0v) is 21.1. The molecular formula is C24H35FO2S3. The number of hydrogen-bond acceptors (Lipinski definition) is 5. The van der Waals surface area contributed by atoms with Crippen LogP contribution in [0.25, 0.3) is 0 Å². The van der Waals surface area contributed by atoms with Crippen LogP contribution in [0.3, 0.4) is 0 Å². The summed E-state index contributed by atoms with van der Waals surface area (Å²) < 4.78 is 17.3. The summed E-state index contributed by atoms with van der Waals surface area (Å²) in [6, 6.07) is 0. The van der Waals surface area contributed by atoms with Crippen LogP contribution in [-0.4, -0.2) is 37.2 Å².